The van der Waals surface area contributed by atoms with Gasteiger partial charge in [0.05, 0.1) is 11.9 Å². The van der Waals surface area contributed by atoms with Gasteiger partial charge in [0.1, 0.15) is 11.9 Å². The van der Waals surface area contributed by atoms with Gasteiger partial charge in [-0.05, 0) is 12.1 Å². The average molecular weight is 194 g/mol. The number of hydrogen-bond donors (Lipinski definition) is 1. The van der Waals surface area contributed by atoms with Crippen LogP contribution in [0.3, 0.4) is 0 Å². The van der Waals surface area contributed by atoms with Crippen LogP contribution in [0, 0.1) is 5.82 Å². The Morgan fingerprint density at radius 3 is 2.31 bits per heavy atom. The molecule has 0 spiro atoms. The van der Waals surface area contributed by atoms with Crippen LogP contribution in [-0.4, -0.2) is 11.2 Å². The molecular weight excluding hydrogens is 188 g/mol. The summed E-state index contributed by atoms with van der Waals surface area (Å²) in [5.74, 6) is -0.696. The van der Waals surface area contributed by atoms with E-state index in [1.54, 1.807) is 0 Å². The molecule has 1 heterocycles. The maximum absolute atomic E-state index is 12.3. The van der Waals surface area contributed by atoms with Crippen molar-refractivity contribution in [3.63, 3.8) is 0 Å². The second-order valence-electron chi connectivity index (χ2n) is 2.42. The number of aromatic nitrogens is 1. The summed E-state index contributed by atoms with van der Waals surface area (Å²) in [6, 6.07) is -0.366. The third kappa shape index (κ3) is 2.38. The summed E-state index contributed by atoms with van der Waals surface area (Å²) >= 11 is 0. The van der Waals surface area contributed by atoms with Crippen molar-refractivity contribution in [2.24, 2.45) is 5.73 Å². The predicted molar refractivity (Wildman–Crippen MR) is 37.2 cm³/mol. The zero-order chi connectivity index (χ0) is 10.1. The smallest absolute Gasteiger partial charge is 0.315 e. The Hall–Kier alpha value is -1.17. The second kappa shape index (κ2) is 3.29. The number of nitrogens with zero attached hydrogens (tertiary/aromatic N) is 1. The molecule has 0 aliphatic rings. The first-order chi connectivity index (χ1) is 5.91. The van der Waals surface area contributed by atoms with Crippen LogP contribution in [0.4, 0.5) is 17.6 Å². The molecule has 0 saturated carbocycles. The summed E-state index contributed by atoms with van der Waals surface area (Å²) in [6.07, 6.45) is -3.86. The van der Waals surface area contributed by atoms with E-state index in [0.29, 0.717) is 6.20 Å². The highest BCUT2D eigenvalue weighted by Crippen LogP contribution is 2.28. The summed E-state index contributed by atoms with van der Waals surface area (Å²) < 4.78 is 48.2. The zero-order valence-electron chi connectivity index (χ0n) is 6.35. The molecule has 1 atom stereocenters. The first-order valence-electron chi connectivity index (χ1n) is 3.35. The van der Waals surface area contributed by atoms with Gasteiger partial charge < -0.3 is 5.73 Å². The second-order valence-corrected chi connectivity index (χ2v) is 2.42. The van der Waals surface area contributed by atoms with Crippen molar-refractivity contribution in [1.29, 1.82) is 0 Å². The lowest BCUT2D eigenvalue weighted by molar-refractivity contribution is -0.150. The highest BCUT2D eigenvalue weighted by atomic mass is 19.4. The van der Waals surface area contributed by atoms with Crippen LogP contribution in [-0.2, 0) is 0 Å². The minimum absolute atomic E-state index is 0.395. The fourth-order valence-corrected chi connectivity index (χ4v) is 0.739. The standard InChI is InChI=1S/C7H6F4N2/c8-4-1-2-5(13-3-4)6(12)7(9,10)11/h1-3,6H,12H2/t6-/m1/s1. The Morgan fingerprint density at radius 2 is 1.92 bits per heavy atom. The molecule has 1 rings (SSSR count). The molecule has 13 heavy (non-hydrogen) atoms. The van der Waals surface area contributed by atoms with Crippen LogP contribution in [0.1, 0.15) is 11.7 Å². The summed E-state index contributed by atoms with van der Waals surface area (Å²) in [7, 11) is 0. The summed E-state index contributed by atoms with van der Waals surface area (Å²) in [4.78, 5) is 3.22. The molecule has 0 aliphatic heterocycles. The molecule has 72 valence electrons. The maximum Gasteiger partial charge on any atom is 0.409 e. The molecule has 1 aromatic heterocycles. The van der Waals surface area contributed by atoms with Gasteiger partial charge in [0.25, 0.3) is 0 Å². The van der Waals surface area contributed by atoms with Crippen LogP contribution in [0.5, 0.6) is 0 Å². The predicted octanol–water partition coefficient (Wildman–Crippen LogP) is 1.78. The largest absolute Gasteiger partial charge is 0.409 e. The Labute approximate surface area is 71.4 Å². The first-order valence-corrected chi connectivity index (χ1v) is 3.35. The molecule has 0 radical (unpaired) electrons. The molecule has 0 fully saturated rings. The average Bonchev–Trinajstić information content (AvgIpc) is 2.03. The summed E-state index contributed by atoms with van der Waals surface area (Å²) in [5, 5.41) is 0. The first kappa shape index (κ1) is 9.91. The van der Waals surface area contributed by atoms with Gasteiger partial charge in [0.15, 0.2) is 0 Å². The minimum Gasteiger partial charge on any atom is -0.315 e. The number of halogens is 4. The van der Waals surface area contributed by atoms with Crippen LogP contribution < -0.4 is 5.73 Å². The molecule has 0 bridgehead atoms. The van der Waals surface area contributed by atoms with E-state index in [0.717, 1.165) is 12.1 Å². The minimum atomic E-state index is -4.55. The van der Waals surface area contributed by atoms with E-state index in [2.05, 4.69) is 4.98 Å². The van der Waals surface area contributed by atoms with Gasteiger partial charge in [-0.15, -0.1) is 0 Å². The molecule has 6 heteroatoms. The fourth-order valence-electron chi connectivity index (χ4n) is 0.739. The number of pyridine rings is 1. The molecular formula is C7H6F4N2. The summed E-state index contributed by atoms with van der Waals surface area (Å²) in [6.45, 7) is 0. The van der Waals surface area contributed by atoms with E-state index in [4.69, 9.17) is 5.73 Å². The monoisotopic (exact) mass is 194 g/mol. The fraction of sp³-hybridized carbons (Fsp3) is 0.286. The third-order valence-electron chi connectivity index (χ3n) is 1.42. The van der Waals surface area contributed by atoms with Crippen LogP contribution in [0.15, 0.2) is 18.3 Å². The topological polar surface area (TPSA) is 38.9 Å². The van der Waals surface area contributed by atoms with Crippen LogP contribution >= 0.6 is 0 Å². The SMILES string of the molecule is N[C@H](c1ccc(F)cn1)C(F)(F)F. The number of rotatable bonds is 1. The van der Waals surface area contributed by atoms with E-state index >= 15 is 0 Å². The quantitative estimate of drug-likeness (QED) is 0.692. The van der Waals surface area contributed by atoms with Crippen molar-refractivity contribution >= 4 is 0 Å². The number of nitrogens with two attached hydrogens (primary N) is 1. The normalized spacial score (nSPS) is 14.2. The van der Waals surface area contributed by atoms with Crippen molar-refractivity contribution in [2.75, 3.05) is 0 Å². The maximum atomic E-state index is 12.3. The van der Waals surface area contributed by atoms with E-state index in [9.17, 15) is 17.6 Å². The van der Waals surface area contributed by atoms with Crippen molar-refractivity contribution in [3.05, 3.63) is 29.8 Å². The number of alkyl halides is 3. The van der Waals surface area contributed by atoms with Gasteiger partial charge in [-0.3, -0.25) is 4.98 Å². The van der Waals surface area contributed by atoms with E-state index < -0.39 is 23.7 Å². The lowest BCUT2D eigenvalue weighted by Gasteiger charge is -2.14. The van der Waals surface area contributed by atoms with E-state index in [1.165, 1.54) is 0 Å². The Bertz CT molecular complexity index is 280. The Kier molecular flexibility index (Phi) is 2.51. The van der Waals surface area contributed by atoms with Crippen molar-refractivity contribution in [1.82, 2.24) is 4.98 Å². The van der Waals surface area contributed by atoms with Crippen molar-refractivity contribution < 1.29 is 17.6 Å². The van der Waals surface area contributed by atoms with Gasteiger partial charge >= 0.3 is 6.18 Å². The molecule has 0 unspecified atom stereocenters. The molecule has 0 aliphatic carbocycles. The summed E-state index contributed by atoms with van der Waals surface area (Å²) in [5.41, 5.74) is 4.42. The molecule has 1 aromatic rings. The highest BCUT2D eigenvalue weighted by Gasteiger charge is 2.38. The van der Waals surface area contributed by atoms with Crippen LogP contribution in [0.25, 0.3) is 0 Å². The van der Waals surface area contributed by atoms with Gasteiger partial charge in [-0.1, -0.05) is 0 Å². The molecule has 2 N–H and O–H groups in total. The lowest BCUT2D eigenvalue weighted by Crippen LogP contribution is -2.29. The van der Waals surface area contributed by atoms with E-state index in [-0.39, 0.29) is 0 Å². The van der Waals surface area contributed by atoms with Crippen LogP contribution in [0.2, 0.25) is 0 Å². The van der Waals surface area contributed by atoms with Gasteiger partial charge in [-0.2, -0.15) is 13.2 Å². The highest BCUT2D eigenvalue weighted by molar-refractivity contribution is 5.10. The number of hydrogen-bond acceptors (Lipinski definition) is 2. The van der Waals surface area contributed by atoms with Gasteiger partial charge in [0, 0.05) is 0 Å². The van der Waals surface area contributed by atoms with Gasteiger partial charge in [-0.25, -0.2) is 4.39 Å². The zero-order valence-corrected chi connectivity index (χ0v) is 6.35. The Morgan fingerprint density at radius 1 is 1.31 bits per heavy atom. The molecule has 0 saturated heterocycles. The van der Waals surface area contributed by atoms with Crippen molar-refractivity contribution in [3.8, 4) is 0 Å². The molecule has 0 amide bonds. The van der Waals surface area contributed by atoms with E-state index in [1.807, 2.05) is 0 Å². The van der Waals surface area contributed by atoms with Crippen molar-refractivity contribution in [2.45, 2.75) is 12.2 Å². The molecule has 0 aromatic carbocycles. The van der Waals surface area contributed by atoms with Gasteiger partial charge in [0.2, 0.25) is 0 Å². The molecule has 2 nitrogen and oxygen atoms in total. The third-order valence-corrected chi connectivity index (χ3v) is 1.42. The lowest BCUT2D eigenvalue weighted by atomic mass is 10.2. The Balaban J connectivity index is 2.90.